The second-order valence-corrected chi connectivity index (χ2v) is 6.95. The molecule has 0 saturated carbocycles. The van der Waals surface area contributed by atoms with E-state index >= 15 is 0 Å². The van der Waals surface area contributed by atoms with Gasteiger partial charge in [-0.25, -0.2) is 12.8 Å². The van der Waals surface area contributed by atoms with Crippen LogP contribution in [0.3, 0.4) is 0 Å². The minimum atomic E-state index is -4.27. The Morgan fingerprint density at radius 3 is 2.54 bits per heavy atom. The Bertz CT molecular complexity index is 872. The van der Waals surface area contributed by atoms with E-state index in [9.17, 15) is 17.6 Å². The van der Waals surface area contributed by atoms with Crippen LogP contribution in [0.4, 0.5) is 10.1 Å². The third-order valence-electron chi connectivity index (χ3n) is 3.09. The number of hydrogen-bond acceptors (Lipinski definition) is 4. The molecule has 128 valence electrons. The number of aliphatic carboxylic acids is 1. The van der Waals surface area contributed by atoms with Gasteiger partial charge in [-0.2, -0.15) is 0 Å². The number of carbonyl (C=O) groups is 1. The molecule has 0 heterocycles. The van der Waals surface area contributed by atoms with Crippen molar-refractivity contribution in [3.8, 4) is 5.75 Å². The highest BCUT2D eigenvalue weighted by molar-refractivity contribution is 7.92. The maximum absolute atomic E-state index is 13.4. The number of rotatable bonds is 6. The largest absolute Gasteiger partial charge is 0.495 e. The summed E-state index contributed by atoms with van der Waals surface area (Å²) in [6.45, 7) is -0.866. The number of ether oxygens (including phenoxy) is 1. The number of sulfonamides is 1. The summed E-state index contributed by atoms with van der Waals surface area (Å²) in [5.74, 6) is -1.81. The van der Waals surface area contributed by atoms with Gasteiger partial charge in [0.15, 0.2) is 0 Å². The summed E-state index contributed by atoms with van der Waals surface area (Å²) in [4.78, 5) is 10.8. The number of benzene rings is 2. The molecule has 0 aliphatic heterocycles. The molecule has 0 radical (unpaired) electrons. The van der Waals surface area contributed by atoms with E-state index in [0.29, 0.717) is 4.31 Å². The molecule has 0 spiro atoms. The predicted molar refractivity (Wildman–Crippen MR) is 86.6 cm³/mol. The minimum absolute atomic E-state index is 0.0492. The number of halogens is 2. The average Bonchev–Trinajstić information content (AvgIpc) is 2.52. The van der Waals surface area contributed by atoms with Gasteiger partial charge in [0.1, 0.15) is 18.1 Å². The van der Waals surface area contributed by atoms with Crippen LogP contribution >= 0.6 is 11.6 Å². The molecule has 0 aliphatic carbocycles. The van der Waals surface area contributed by atoms with Gasteiger partial charge in [0.25, 0.3) is 10.0 Å². The number of anilines is 1. The molecule has 9 heteroatoms. The minimum Gasteiger partial charge on any atom is -0.495 e. The molecule has 6 nitrogen and oxygen atoms in total. The fraction of sp³-hybridized carbons (Fsp3) is 0.133. The quantitative estimate of drug-likeness (QED) is 0.841. The lowest BCUT2D eigenvalue weighted by Crippen LogP contribution is -2.35. The maximum Gasteiger partial charge on any atom is 0.324 e. The third kappa shape index (κ3) is 3.77. The maximum atomic E-state index is 13.4. The van der Waals surface area contributed by atoms with Crippen LogP contribution in [0.25, 0.3) is 0 Å². The van der Waals surface area contributed by atoms with E-state index in [2.05, 4.69) is 0 Å². The van der Waals surface area contributed by atoms with E-state index in [1.54, 1.807) is 0 Å². The zero-order chi connectivity index (χ0) is 17.9. The van der Waals surface area contributed by atoms with Crippen molar-refractivity contribution in [2.75, 3.05) is 18.0 Å². The number of hydrogen-bond donors (Lipinski definition) is 1. The van der Waals surface area contributed by atoms with Crippen molar-refractivity contribution >= 4 is 33.3 Å². The highest BCUT2D eigenvalue weighted by Crippen LogP contribution is 2.30. The van der Waals surface area contributed by atoms with Gasteiger partial charge < -0.3 is 9.84 Å². The van der Waals surface area contributed by atoms with Gasteiger partial charge in [-0.15, -0.1) is 0 Å². The molecule has 24 heavy (non-hydrogen) atoms. The fourth-order valence-corrected chi connectivity index (χ4v) is 3.76. The molecular formula is C15H13ClFNO5S. The van der Waals surface area contributed by atoms with E-state index < -0.39 is 28.4 Å². The lowest BCUT2D eigenvalue weighted by atomic mass is 10.3. The van der Waals surface area contributed by atoms with Crippen molar-refractivity contribution in [2.24, 2.45) is 0 Å². The molecule has 0 saturated heterocycles. The highest BCUT2D eigenvalue weighted by Gasteiger charge is 2.28. The van der Waals surface area contributed by atoms with Gasteiger partial charge in [0.05, 0.1) is 22.7 Å². The van der Waals surface area contributed by atoms with Crippen LogP contribution in [0.5, 0.6) is 5.75 Å². The Hall–Kier alpha value is -2.32. The zero-order valence-electron chi connectivity index (χ0n) is 12.4. The van der Waals surface area contributed by atoms with Crippen LogP contribution in [0.2, 0.25) is 5.02 Å². The Balaban J connectivity index is 2.55. The molecule has 2 rings (SSSR count). The van der Waals surface area contributed by atoms with Crippen molar-refractivity contribution < 1.29 is 27.4 Å². The smallest absolute Gasteiger partial charge is 0.324 e. The summed E-state index contributed by atoms with van der Waals surface area (Å²) >= 11 is 5.93. The van der Waals surface area contributed by atoms with Crippen molar-refractivity contribution in [2.45, 2.75) is 4.90 Å². The molecule has 0 fully saturated rings. The number of nitrogens with zero attached hydrogens (tertiary/aromatic N) is 1. The van der Waals surface area contributed by atoms with Gasteiger partial charge in [-0.3, -0.25) is 9.10 Å². The Labute approximate surface area is 143 Å². The van der Waals surface area contributed by atoms with Gasteiger partial charge >= 0.3 is 5.97 Å². The van der Waals surface area contributed by atoms with Crippen LogP contribution in [0, 0.1) is 5.82 Å². The van der Waals surface area contributed by atoms with Gasteiger partial charge in [0.2, 0.25) is 0 Å². The standard InChI is InChI=1S/C15H13ClFNO5S/c1-23-14-6-5-12(8-13(14)16)24(21,22)18(9-15(19)20)11-4-2-3-10(17)7-11/h2-8H,9H2,1H3,(H,19,20). The summed E-state index contributed by atoms with van der Waals surface area (Å²) in [6.07, 6.45) is 0. The monoisotopic (exact) mass is 373 g/mol. The van der Waals surface area contributed by atoms with Gasteiger partial charge in [0, 0.05) is 0 Å². The summed E-state index contributed by atoms with van der Waals surface area (Å²) in [7, 11) is -2.89. The molecule has 0 unspecified atom stereocenters. The number of carboxylic acids is 1. The normalized spacial score (nSPS) is 11.1. The molecule has 2 aromatic rings. The lowest BCUT2D eigenvalue weighted by molar-refractivity contribution is -0.135. The van der Waals surface area contributed by atoms with Crippen molar-refractivity contribution in [1.29, 1.82) is 0 Å². The third-order valence-corrected chi connectivity index (χ3v) is 5.15. The number of methoxy groups -OCH3 is 1. The average molecular weight is 374 g/mol. The van der Waals surface area contributed by atoms with E-state index in [1.807, 2.05) is 0 Å². The molecule has 0 amide bonds. The van der Waals surface area contributed by atoms with E-state index in [4.69, 9.17) is 21.4 Å². The SMILES string of the molecule is COc1ccc(S(=O)(=O)N(CC(=O)O)c2cccc(F)c2)cc1Cl. The predicted octanol–water partition coefficient (Wildman–Crippen LogP) is 2.77. The van der Waals surface area contributed by atoms with Crippen LogP contribution in [-0.4, -0.2) is 33.1 Å². The molecule has 0 aliphatic rings. The topological polar surface area (TPSA) is 83.9 Å². The van der Waals surface area contributed by atoms with Crippen LogP contribution < -0.4 is 9.04 Å². The highest BCUT2D eigenvalue weighted by atomic mass is 35.5. The summed E-state index contributed by atoms with van der Waals surface area (Å²) in [5.41, 5.74) is -0.107. The summed E-state index contributed by atoms with van der Waals surface area (Å²) in [5, 5.41) is 9.06. The summed E-state index contributed by atoms with van der Waals surface area (Å²) < 4.78 is 44.5. The molecule has 0 bridgehead atoms. The lowest BCUT2D eigenvalue weighted by Gasteiger charge is -2.23. The molecule has 1 N–H and O–H groups in total. The second kappa shape index (κ2) is 7.06. The molecule has 0 atom stereocenters. The Morgan fingerprint density at radius 2 is 2.00 bits per heavy atom. The van der Waals surface area contributed by atoms with Crippen molar-refractivity contribution in [3.05, 3.63) is 53.3 Å². The van der Waals surface area contributed by atoms with Crippen molar-refractivity contribution in [1.82, 2.24) is 0 Å². The number of carboxylic acid groups (broad SMARTS) is 1. The first-order valence-corrected chi connectivity index (χ1v) is 8.41. The fourth-order valence-electron chi connectivity index (χ4n) is 2.00. The second-order valence-electron chi connectivity index (χ2n) is 4.68. The van der Waals surface area contributed by atoms with Crippen molar-refractivity contribution in [3.63, 3.8) is 0 Å². The Kier molecular flexibility index (Phi) is 5.30. The zero-order valence-corrected chi connectivity index (χ0v) is 14.0. The van der Waals surface area contributed by atoms with Gasteiger partial charge in [-0.1, -0.05) is 17.7 Å². The van der Waals surface area contributed by atoms with Crippen LogP contribution in [0.1, 0.15) is 0 Å². The van der Waals surface area contributed by atoms with Crippen LogP contribution in [0.15, 0.2) is 47.4 Å². The van der Waals surface area contributed by atoms with E-state index in [0.717, 1.165) is 18.2 Å². The Morgan fingerprint density at radius 1 is 1.29 bits per heavy atom. The first-order chi connectivity index (χ1) is 11.3. The van der Waals surface area contributed by atoms with Gasteiger partial charge in [-0.05, 0) is 36.4 Å². The van der Waals surface area contributed by atoms with Crippen LogP contribution in [-0.2, 0) is 14.8 Å². The molecule has 0 aromatic heterocycles. The van der Waals surface area contributed by atoms with E-state index in [1.165, 1.54) is 31.4 Å². The molecule has 2 aromatic carbocycles. The molecular weight excluding hydrogens is 361 g/mol. The van der Waals surface area contributed by atoms with E-state index in [-0.39, 0.29) is 21.4 Å². The first kappa shape index (κ1) is 18.0. The first-order valence-electron chi connectivity index (χ1n) is 6.59. The summed E-state index contributed by atoms with van der Waals surface area (Å²) in [6, 6.07) is 8.37.